The first-order chi connectivity index (χ1) is 9.99. The lowest BCUT2D eigenvalue weighted by Crippen LogP contribution is -2.34. The highest BCUT2D eigenvalue weighted by Gasteiger charge is 2.14. The van der Waals surface area contributed by atoms with Crippen LogP contribution in [-0.4, -0.2) is 18.6 Å². The van der Waals surface area contributed by atoms with Crippen molar-refractivity contribution < 1.29 is 0 Å². The molecule has 1 unspecified atom stereocenters. The molecule has 0 aliphatic rings. The molecule has 0 amide bonds. The van der Waals surface area contributed by atoms with Crippen molar-refractivity contribution in [3.8, 4) is 0 Å². The summed E-state index contributed by atoms with van der Waals surface area (Å²) >= 11 is 0. The molecule has 1 atom stereocenters. The fraction of sp³-hybridized carbons (Fsp3) is 0.684. The van der Waals surface area contributed by atoms with Crippen LogP contribution >= 0.6 is 0 Å². The first-order valence-electron chi connectivity index (χ1n) is 8.59. The van der Waals surface area contributed by atoms with Gasteiger partial charge in [0, 0.05) is 30.9 Å². The fourth-order valence-corrected chi connectivity index (χ4v) is 2.60. The van der Waals surface area contributed by atoms with Crippen LogP contribution in [0.4, 0.5) is 5.69 Å². The molecule has 0 aromatic heterocycles. The molecule has 0 spiro atoms. The summed E-state index contributed by atoms with van der Waals surface area (Å²) in [5, 5.41) is 3.49. The van der Waals surface area contributed by atoms with Gasteiger partial charge in [0.05, 0.1) is 0 Å². The molecule has 0 fully saturated rings. The molecule has 1 aromatic carbocycles. The van der Waals surface area contributed by atoms with Crippen molar-refractivity contribution in [3.05, 3.63) is 29.3 Å². The molecule has 1 rings (SSSR count). The average Bonchev–Trinajstić information content (AvgIpc) is 2.46. The number of rotatable bonds is 9. The Bertz CT molecular complexity index is 412. The lowest BCUT2D eigenvalue weighted by molar-refractivity contribution is 0.586. The van der Waals surface area contributed by atoms with E-state index in [4.69, 9.17) is 0 Å². The van der Waals surface area contributed by atoms with Gasteiger partial charge in [-0.1, -0.05) is 46.2 Å². The lowest BCUT2D eigenvalue weighted by Gasteiger charge is -2.32. The maximum atomic E-state index is 3.49. The highest BCUT2D eigenvalue weighted by atomic mass is 15.2. The zero-order valence-electron chi connectivity index (χ0n) is 14.9. The van der Waals surface area contributed by atoms with Crippen molar-refractivity contribution in [2.24, 2.45) is 0 Å². The Morgan fingerprint density at radius 3 is 2.38 bits per heavy atom. The molecule has 120 valence electrons. The largest absolute Gasteiger partial charge is 0.369 e. The standard InChI is InChI=1S/C19H34N2/c1-7-9-12-21(17(6)8-2)19-11-10-18(13-16(19)5)14-20-15(3)4/h10-11,13,15,17,20H,7-9,12,14H2,1-6H3. The molecule has 2 nitrogen and oxygen atoms in total. The molecule has 0 radical (unpaired) electrons. The number of anilines is 1. The number of aryl methyl sites for hydroxylation is 1. The third-order valence-electron chi connectivity index (χ3n) is 4.16. The number of hydrogen-bond donors (Lipinski definition) is 1. The third kappa shape index (κ3) is 5.70. The van der Waals surface area contributed by atoms with E-state index in [9.17, 15) is 0 Å². The summed E-state index contributed by atoms with van der Waals surface area (Å²) in [4.78, 5) is 2.58. The number of nitrogens with zero attached hydrogens (tertiary/aromatic N) is 1. The first kappa shape index (κ1) is 18.0. The van der Waals surface area contributed by atoms with Crippen LogP contribution in [-0.2, 0) is 6.54 Å². The maximum Gasteiger partial charge on any atom is 0.0398 e. The monoisotopic (exact) mass is 290 g/mol. The molecule has 2 heteroatoms. The van der Waals surface area contributed by atoms with Gasteiger partial charge >= 0.3 is 0 Å². The van der Waals surface area contributed by atoms with Gasteiger partial charge in [-0.05, 0) is 43.9 Å². The van der Waals surface area contributed by atoms with Crippen LogP contribution in [0.1, 0.15) is 65.0 Å². The summed E-state index contributed by atoms with van der Waals surface area (Å²) in [5.41, 5.74) is 4.19. The van der Waals surface area contributed by atoms with E-state index in [2.05, 4.69) is 70.0 Å². The van der Waals surface area contributed by atoms with Crippen molar-refractivity contribution in [2.75, 3.05) is 11.4 Å². The molecular formula is C19H34N2. The van der Waals surface area contributed by atoms with E-state index >= 15 is 0 Å². The van der Waals surface area contributed by atoms with Crippen molar-refractivity contribution in [3.63, 3.8) is 0 Å². The van der Waals surface area contributed by atoms with Gasteiger partial charge in [-0.3, -0.25) is 0 Å². The normalized spacial score (nSPS) is 12.7. The molecule has 0 aliphatic carbocycles. The second kappa shape index (κ2) is 9.09. The topological polar surface area (TPSA) is 15.3 Å². The molecule has 0 saturated carbocycles. The zero-order chi connectivity index (χ0) is 15.8. The smallest absolute Gasteiger partial charge is 0.0398 e. The zero-order valence-corrected chi connectivity index (χ0v) is 14.9. The minimum Gasteiger partial charge on any atom is -0.369 e. The van der Waals surface area contributed by atoms with E-state index in [0.29, 0.717) is 12.1 Å². The number of benzene rings is 1. The Kier molecular flexibility index (Phi) is 7.81. The number of hydrogen-bond acceptors (Lipinski definition) is 2. The number of nitrogens with one attached hydrogen (secondary N) is 1. The molecule has 0 aliphatic heterocycles. The molecule has 0 saturated heterocycles. The van der Waals surface area contributed by atoms with E-state index in [1.54, 1.807) is 0 Å². The van der Waals surface area contributed by atoms with Crippen molar-refractivity contribution >= 4 is 5.69 Å². The summed E-state index contributed by atoms with van der Waals surface area (Å²) in [6, 6.07) is 8.07. The van der Waals surface area contributed by atoms with Crippen molar-refractivity contribution in [1.29, 1.82) is 0 Å². The summed E-state index contributed by atoms with van der Waals surface area (Å²) in [5.74, 6) is 0. The molecule has 1 N–H and O–H groups in total. The molecule has 21 heavy (non-hydrogen) atoms. The average molecular weight is 290 g/mol. The summed E-state index contributed by atoms with van der Waals surface area (Å²) < 4.78 is 0. The predicted octanol–water partition coefficient (Wildman–Crippen LogP) is 4.90. The second-order valence-corrected chi connectivity index (χ2v) is 6.46. The first-order valence-corrected chi connectivity index (χ1v) is 8.59. The Labute approximate surface area is 131 Å². The number of unbranched alkanes of at least 4 members (excludes halogenated alkanes) is 1. The third-order valence-corrected chi connectivity index (χ3v) is 4.16. The Morgan fingerprint density at radius 1 is 1.14 bits per heavy atom. The lowest BCUT2D eigenvalue weighted by atomic mass is 10.1. The molecule has 1 aromatic rings. The Hall–Kier alpha value is -1.02. The van der Waals surface area contributed by atoms with Gasteiger partial charge in [-0.2, -0.15) is 0 Å². The van der Waals surface area contributed by atoms with Gasteiger partial charge in [-0.15, -0.1) is 0 Å². The van der Waals surface area contributed by atoms with Crippen molar-refractivity contribution in [2.45, 2.75) is 79.4 Å². The quantitative estimate of drug-likeness (QED) is 0.696. The Morgan fingerprint density at radius 2 is 1.86 bits per heavy atom. The Balaban J connectivity index is 2.88. The minimum absolute atomic E-state index is 0.533. The summed E-state index contributed by atoms with van der Waals surface area (Å²) in [6.07, 6.45) is 3.71. The van der Waals surface area contributed by atoms with Crippen LogP contribution in [0.5, 0.6) is 0 Å². The van der Waals surface area contributed by atoms with E-state index in [1.807, 2.05) is 0 Å². The maximum absolute atomic E-state index is 3.49. The fourth-order valence-electron chi connectivity index (χ4n) is 2.60. The van der Waals surface area contributed by atoms with Crippen LogP contribution in [0.3, 0.4) is 0 Å². The van der Waals surface area contributed by atoms with Gasteiger partial charge in [0.2, 0.25) is 0 Å². The van der Waals surface area contributed by atoms with Crippen LogP contribution in [0, 0.1) is 6.92 Å². The van der Waals surface area contributed by atoms with Gasteiger partial charge in [0.15, 0.2) is 0 Å². The van der Waals surface area contributed by atoms with Gasteiger partial charge in [0.25, 0.3) is 0 Å². The van der Waals surface area contributed by atoms with Gasteiger partial charge in [-0.25, -0.2) is 0 Å². The molecular weight excluding hydrogens is 256 g/mol. The van der Waals surface area contributed by atoms with E-state index in [-0.39, 0.29) is 0 Å². The second-order valence-electron chi connectivity index (χ2n) is 6.46. The van der Waals surface area contributed by atoms with E-state index in [1.165, 1.54) is 36.1 Å². The van der Waals surface area contributed by atoms with E-state index in [0.717, 1.165) is 13.1 Å². The highest BCUT2D eigenvalue weighted by molar-refractivity contribution is 5.55. The van der Waals surface area contributed by atoms with E-state index < -0.39 is 0 Å². The van der Waals surface area contributed by atoms with Crippen LogP contribution in [0.25, 0.3) is 0 Å². The van der Waals surface area contributed by atoms with Crippen LogP contribution in [0.15, 0.2) is 18.2 Å². The minimum atomic E-state index is 0.533. The predicted molar refractivity (Wildman–Crippen MR) is 95.2 cm³/mol. The highest BCUT2D eigenvalue weighted by Crippen LogP contribution is 2.25. The van der Waals surface area contributed by atoms with Crippen LogP contribution in [0.2, 0.25) is 0 Å². The SMILES string of the molecule is CCCCN(c1ccc(CNC(C)C)cc1C)C(C)CC. The molecule has 0 bridgehead atoms. The van der Waals surface area contributed by atoms with Gasteiger partial charge in [0.1, 0.15) is 0 Å². The van der Waals surface area contributed by atoms with Crippen LogP contribution < -0.4 is 10.2 Å². The van der Waals surface area contributed by atoms with Crippen molar-refractivity contribution in [1.82, 2.24) is 5.32 Å². The summed E-state index contributed by atoms with van der Waals surface area (Å²) in [7, 11) is 0. The van der Waals surface area contributed by atoms with Gasteiger partial charge < -0.3 is 10.2 Å². The molecule has 0 heterocycles. The summed E-state index contributed by atoms with van der Waals surface area (Å²) in [6.45, 7) is 15.6.